The molecule has 3 aliphatic heterocycles. The predicted molar refractivity (Wildman–Crippen MR) is 323 cm³/mol. The molecule has 2 fully saturated rings. The highest BCUT2D eigenvalue weighted by Crippen LogP contribution is 2.49. The van der Waals surface area contributed by atoms with Crippen LogP contribution in [0.2, 0.25) is 10.0 Å². The fourth-order valence-electron chi connectivity index (χ4n) is 9.90. The Morgan fingerprint density at radius 3 is 2.33 bits per heavy atom. The zero-order chi connectivity index (χ0) is 63.1. The van der Waals surface area contributed by atoms with Gasteiger partial charge in [-0.2, -0.15) is 0 Å². The maximum atomic E-state index is 16.1. The van der Waals surface area contributed by atoms with E-state index in [4.69, 9.17) is 57.4 Å². The Labute approximate surface area is 520 Å². The van der Waals surface area contributed by atoms with Crippen molar-refractivity contribution < 1.29 is 76.3 Å². The number of methoxy groups -OCH3 is 2. The maximum Gasteiger partial charge on any atom is 0.412 e. The van der Waals surface area contributed by atoms with Gasteiger partial charge in [-0.25, -0.2) is 18.8 Å². The van der Waals surface area contributed by atoms with Crippen LogP contribution in [0.1, 0.15) is 98.5 Å². The van der Waals surface area contributed by atoms with Crippen molar-refractivity contribution in [1.29, 1.82) is 0 Å². The van der Waals surface area contributed by atoms with Gasteiger partial charge in [0.15, 0.2) is 5.72 Å². The van der Waals surface area contributed by atoms with Crippen molar-refractivity contribution in [1.82, 2.24) is 21.3 Å². The number of nitrogens with one attached hydrogen (secondary N) is 6. The van der Waals surface area contributed by atoms with E-state index in [0.717, 1.165) is 17.7 Å². The second-order valence-electron chi connectivity index (χ2n) is 21.9. The lowest BCUT2D eigenvalue weighted by molar-refractivity contribution is -0.152. The molecule has 3 aliphatic rings. The molecule has 23 nitrogen and oxygen atoms in total. The first-order valence-electron chi connectivity index (χ1n) is 27.7. The van der Waals surface area contributed by atoms with Crippen molar-refractivity contribution in [3.8, 4) is 5.75 Å². The summed E-state index contributed by atoms with van der Waals surface area (Å²) in [6.07, 6.45) is -0.407. The van der Waals surface area contributed by atoms with Gasteiger partial charge in [0.2, 0.25) is 23.6 Å². The summed E-state index contributed by atoms with van der Waals surface area (Å²) in [5.74, 6) is -5.27. The molecule has 2 saturated heterocycles. The van der Waals surface area contributed by atoms with Gasteiger partial charge in [-0.1, -0.05) is 99.6 Å². The number of epoxide rings is 1. The number of nitrogens with zero attached hydrogens (tertiary/aromatic N) is 1. The average Bonchev–Trinajstić information content (AvgIpc) is 1.69. The fourth-order valence-corrected chi connectivity index (χ4v) is 12.0. The molecule has 0 saturated carbocycles. The number of hydrogen-bond donors (Lipinski definition) is 8. The summed E-state index contributed by atoms with van der Waals surface area (Å²) in [7, 11) is 4.30. The molecule has 5 rings (SSSR count). The van der Waals surface area contributed by atoms with Gasteiger partial charge in [0.1, 0.15) is 52.6 Å². The number of alkyl halides is 2. The number of ether oxygens (including phenoxy) is 6. The number of fused-ring (bicyclic) bond motifs is 5. The molecule has 1 unspecified atom stereocenters. The third kappa shape index (κ3) is 19.4. The van der Waals surface area contributed by atoms with Crippen LogP contribution < -0.4 is 47.3 Å². The van der Waals surface area contributed by atoms with Crippen molar-refractivity contribution in [2.24, 2.45) is 23.5 Å². The fraction of sp³-hybridized carbons (Fsp3) is 0.579. The van der Waals surface area contributed by atoms with Gasteiger partial charge in [0.25, 0.3) is 0 Å². The highest BCUT2D eigenvalue weighted by molar-refractivity contribution is 9.09. The van der Waals surface area contributed by atoms with E-state index in [-0.39, 0.29) is 77.4 Å². The Morgan fingerprint density at radius 2 is 1.68 bits per heavy atom. The lowest BCUT2D eigenvalue weighted by Crippen LogP contribution is -2.63. The molecule has 85 heavy (non-hydrogen) atoms. The van der Waals surface area contributed by atoms with Crippen molar-refractivity contribution in [2.45, 2.75) is 153 Å². The Hall–Kier alpha value is -5.77. The lowest BCUT2D eigenvalue weighted by Gasteiger charge is -2.42. The number of amides is 8. The number of urea groups is 1. The highest BCUT2D eigenvalue weighted by atomic mass is 79.9. The molecular formula is C57H77Br2Cl2FN8O15. The minimum absolute atomic E-state index is 0.0124. The zero-order valence-electron chi connectivity index (χ0n) is 48.9. The topological polar surface area (TPSA) is 317 Å². The normalized spacial score (nSPS) is 24.4. The Bertz CT molecular complexity index is 2830. The van der Waals surface area contributed by atoms with Crippen LogP contribution in [0.5, 0.6) is 5.75 Å². The van der Waals surface area contributed by atoms with E-state index in [1.807, 2.05) is 6.92 Å². The quantitative estimate of drug-likeness (QED) is 0.0171. The minimum Gasteiger partial charge on any atom is -0.495 e. The van der Waals surface area contributed by atoms with Crippen molar-refractivity contribution in [2.75, 3.05) is 54.0 Å². The first-order valence-corrected chi connectivity index (χ1v) is 30.7. The molecule has 2 aromatic rings. The smallest absolute Gasteiger partial charge is 0.412 e. The van der Waals surface area contributed by atoms with Gasteiger partial charge in [0, 0.05) is 56.2 Å². The van der Waals surface area contributed by atoms with Gasteiger partial charge in [0.05, 0.1) is 53.7 Å². The van der Waals surface area contributed by atoms with E-state index >= 15 is 4.39 Å². The van der Waals surface area contributed by atoms with E-state index in [2.05, 4.69) is 63.8 Å². The van der Waals surface area contributed by atoms with Gasteiger partial charge >= 0.3 is 24.2 Å². The number of esters is 1. The van der Waals surface area contributed by atoms with Gasteiger partial charge in [-0.05, 0) is 89.0 Å². The molecule has 0 radical (unpaired) electrons. The largest absolute Gasteiger partial charge is 0.495 e. The minimum atomic E-state index is -1.94. The average molecular weight is 1360 g/mol. The summed E-state index contributed by atoms with van der Waals surface area (Å²) < 4.78 is 50.8. The van der Waals surface area contributed by atoms with Crippen LogP contribution in [-0.4, -0.2) is 145 Å². The van der Waals surface area contributed by atoms with E-state index in [0.29, 0.717) is 41.9 Å². The van der Waals surface area contributed by atoms with Crippen LogP contribution in [-0.2, 0) is 54.1 Å². The number of allylic oxidation sites excluding steroid dienone is 3. The predicted octanol–water partition coefficient (Wildman–Crippen LogP) is 8.08. The number of halogens is 5. The summed E-state index contributed by atoms with van der Waals surface area (Å²) in [5.41, 5.74) is 2.92. The van der Waals surface area contributed by atoms with E-state index in [1.165, 1.54) is 26.2 Å². The molecule has 470 valence electrons. The van der Waals surface area contributed by atoms with Crippen molar-refractivity contribution in [3.05, 3.63) is 69.5 Å². The second kappa shape index (κ2) is 31.7. The Balaban J connectivity index is 1.34. The van der Waals surface area contributed by atoms with Crippen LogP contribution in [0.15, 0.2) is 48.1 Å². The number of alkyl carbamates (subject to hydrolysis) is 1. The summed E-state index contributed by atoms with van der Waals surface area (Å²) >= 11 is 20.0. The van der Waals surface area contributed by atoms with E-state index in [9.17, 15) is 43.5 Å². The number of carbonyl (C=O) groups is 8. The molecule has 0 aromatic heterocycles. The number of benzene rings is 2. The third-order valence-corrected chi connectivity index (χ3v) is 17.2. The number of hydrogen-bond acceptors (Lipinski definition) is 15. The van der Waals surface area contributed by atoms with Crippen LogP contribution in [0, 0.1) is 23.6 Å². The number of primary amides is 1. The monoisotopic (exact) mass is 1360 g/mol. The van der Waals surface area contributed by atoms with Crippen LogP contribution >= 0.6 is 55.1 Å². The maximum absolute atomic E-state index is 16.1. The lowest BCUT2D eigenvalue weighted by atomic mass is 9.83. The summed E-state index contributed by atoms with van der Waals surface area (Å²) in [6.45, 7) is 10.3. The van der Waals surface area contributed by atoms with Gasteiger partial charge < -0.3 is 65.4 Å². The van der Waals surface area contributed by atoms with Crippen LogP contribution in [0.25, 0.3) is 0 Å². The number of rotatable bonds is 23. The summed E-state index contributed by atoms with van der Waals surface area (Å²) in [6, 6.07) is 1.98. The highest BCUT2D eigenvalue weighted by Gasteiger charge is 2.64. The van der Waals surface area contributed by atoms with E-state index in [1.54, 1.807) is 65.0 Å². The Morgan fingerprint density at radius 1 is 0.976 bits per heavy atom. The summed E-state index contributed by atoms with van der Waals surface area (Å²) in [5, 5.41) is 27.7. The SMILES string of the molecule is COc1cc2cc(c1Cl)N(C)C(=O)C[C@H](OC(=O)Nc1cc(F)c(NC(=O)[C@H](CCCNC(N)=O)NC(=O)[C@@H](NC(=O)CCCCC(C)OC(=O)C(CBr)CBr)C(C)C)cc1Cl)[C@]1(C)O[C@H]1[C@H](C)[C@@H]1C[C@@](O)(NC(=O)O1)[C@H](OC)/C=C/C=C(\C)C2. The summed E-state index contributed by atoms with van der Waals surface area (Å²) in [4.78, 5) is 107. The zero-order valence-corrected chi connectivity index (χ0v) is 53.6. The van der Waals surface area contributed by atoms with Crippen molar-refractivity contribution in [3.63, 3.8) is 0 Å². The van der Waals surface area contributed by atoms with Gasteiger partial charge in [-0.3, -0.25) is 34.6 Å². The molecule has 0 spiro atoms. The molecular weight excluding hydrogens is 1290 g/mol. The molecule has 3 heterocycles. The van der Waals surface area contributed by atoms with Crippen LogP contribution in [0.4, 0.5) is 35.8 Å². The number of nitrogens with two attached hydrogens (primary N) is 1. The number of carbonyl (C=O) groups excluding carboxylic acids is 8. The van der Waals surface area contributed by atoms with Crippen molar-refractivity contribution >= 4 is 120 Å². The second-order valence-corrected chi connectivity index (χ2v) is 24.0. The first kappa shape index (κ1) is 70.0. The van der Waals surface area contributed by atoms with Gasteiger partial charge in [-0.15, -0.1) is 0 Å². The Kier molecular flexibility index (Phi) is 26.1. The molecule has 9 N–H and O–H groups in total. The molecule has 28 heteroatoms. The number of anilines is 3. The molecule has 4 bridgehead atoms. The molecule has 2 aromatic carbocycles. The molecule has 8 amide bonds. The standard InChI is InChI=1S/C57H77Br2Cl2FN8O15/c1-29(2)48(68-45(71)18-11-10-15-31(4)82-52(75)34(27-58)28-59)51(74)65-37(16-13-19-64-53(63)76)50(73)66-39-23-35(60)38(24-36(39)62)67-54(77)84-44-25-46(72)70(7)40-21-33(22-41(80-8)47(40)61)20-30(3)14-12-17-43(81-9)57(79)26-42(83-55(78)69-57)32(5)49-56(44,6)85-49/h12,14,17,21-24,29,31-32,34,37,42-44,48-49,79H,10-11,13,15-16,18-20,25-28H2,1-9H3,(H,65,74)(H,66,73)(H,67,77)(H,68,71)(H,69,78)(H3,63,64,76)/b17-12+,30-14+/t31?,32-,37+,42+,43-,44+,48+,49+,56+,57+/m1/s1. The van der Waals surface area contributed by atoms with Crippen LogP contribution in [0.3, 0.4) is 0 Å². The van der Waals surface area contributed by atoms with E-state index < -0.39 is 119 Å². The molecule has 0 aliphatic carbocycles. The first-order chi connectivity index (χ1) is 40.1. The third-order valence-electron chi connectivity index (χ3n) is 14.9. The number of aliphatic hydroxyl groups is 1. The molecule has 10 atom stereocenters. The number of unbranched alkanes of at least 4 members (excludes halogenated alkanes) is 1.